The minimum absolute atomic E-state index is 0.142. The first-order chi connectivity index (χ1) is 13.1. The molecule has 3 aromatic heterocycles. The van der Waals surface area contributed by atoms with Gasteiger partial charge in [-0.3, -0.25) is 9.59 Å². The number of benzene rings is 1. The van der Waals surface area contributed by atoms with Crippen molar-refractivity contribution in [3.05, 3.63) is 81.3 Å². The Kier molecular flexibility index (Phi) is 4.70. The van der Waals surface area contributed by atoms with E-state index >= 15 is 0 Å². The predicted octanol–water partition coefficient (Wildman–Crippen LogP) is 3.86. The molecule has 1 amide bonds. The zero-order chi connectivity index (χ0) is 18.8. The van der Waals surface area contributed by atoms with Gasteiger partial charge in [0.1, 0.15) is 5.82 Å². The van der Waals surface area contributed by atoms with Crippen molar-refractivity contribution in [3.63, 3.8) is 0 Å². The Morgan fingerprint density at radius 3 is 2.70 bits per heavy atom. The molecule has 1 N–H and O–H groups in total. The maximum atomic E-state index is 12.6. The Balaban J connectivity index is 1.58. The third-order valence-corrected chi connectivity index (χ3v) is 5.06. The van der Waals surface area contributed by atoms with Gasteiger partial charge < -0.3 is 5.32 Å². The first kappa shape index (κ1) is 17.4. The number of hydrogen-bond acceptors (Lipinski definition) is 5. The van der Waals surface area contributed by atoms with Gasteiger partial charge in [0.15, 0.2) is 5.65 Å². The number of nitrogens with one attached hydrogen (secondary N) is 1. The van der Waals surface area contributed by atoms with Crippen LogP contribution in [0.15, 0.2) is 60.2 Å². The molecule has 0 aliphatic carbocycles. The second-order valence-corrected chi connectivity index (χ2v) is 7.17. The average molecular weight is 397 g/mol. The molecule has 27 heavy (non-hydrogen) atoms. The van der Waals surface area contributed by atoms with Crippen molar-refractivity contribution in [3.8, 4) is 0 Å². The molecule has 134 valence electrons. The second-order valence-electron chi connectivity index (χ2n) is 5.78. The van der Waals surface area contributed by atoms with Crippen molar-refractivity contribution in [1.29, 1.82) is 0 Å². The first-order valence-corrected chi connectivity index (χ1v) is 9.33. The van der Waals surface area contributed by atoms with Crippen LogP contribution in [0.25, 0.3) is 5.65 Å². The maximum absolute atomic E-state index is 12.6. The molecule has 0 aliphatic heterocycles. The first-order valence-electron chi connectivity index (χ1n) is 8.07. The summed E-state index contributed by atoms with van der Waals surface area (Å²) in [7, 11) is 0. The highest BCUT2D eigenvalue weighted by Gasteiger charge is 2.18. The van der Waals surface area contributed by atoms with E-state index in [9.17, 15) is 9.59 Å². The lowest BCUT2D eigenvalue weighted by Gasteiger charge is -2.07. The number of anilines is 1. The molecule has 3 heterocycles. The molecule has 0 bridgehead atoms. The zero-order valence-corrected chi connectivity index (χ0v) is 15.5. The Morgan fingerprint density at radius 1 is 1.15 bits per heavy atom. The van der Waals surface area contributed by atoms with Crippen LogP contribution in [0.1, 0.15) is 20.8 Å². The van der Waals surface area contributed by atoms with E-state index in [1.807, 2.05) is 11.4 Å². The van der Waals surface area contributed by atoms with Gasteiger partial charge in [-0.2, -0.15) is 9.61 Å². The number of halogens is 1. The Hall–Kier alpha value is -3.03. The third-order valence-electron chi connectivity index (χ3n) is 3.94. The van der Waals surface area contributed by atoms with Crippen molar-refractivity contribution in [2.75, 3.05) is 5.32 Å². The summed E-state index contributed by atoms with van der Waals surface area (Å²) < 4.78 is 1.46. The monoisotopic (exact) mass is 396 g/mol. The van der Waals surface area contributed by atoms with E-state index in [-0.39, 0.29) is 18.1 Å². The molecule has 1 aromatic carbocycles. The van der Waals surface area contributed by atoms with Crippen LogP contribution in [0.4, 0.5) is 5.82 Å². The van der Waals surface area contributed by atoms with Gasteiger partial charge in [-0.25, -0.2) is 4.98 Å². The van der Waals surface area contributed by atoms with Crippen LogP contribution in [-0.4, -0.2) is 26.3 Å². The molecular weight excluding hydrogens is 384 g/mol. The number of thiophene rings is 1. The number of nitrogens with zero attached hydrogens (tertiary/aromatic N) is 3. The smallest absolute Gasteiger partial charge is 0.229 e. The van der Waals surface area contributed by atoms with Crippen molar-refractivity contribution in [2.45, 2.75) is 6.42 Å². The fourth-order valence-corrected chi connectivity index (χ4v) is 3.47. The molecule has 6 nitrogen and oxygen atoms in total. The zero-order valence-electron chi connectivity index (χ0n) is 13.9. The highest BCUT2D eigenvalue weighted by Crippen LogP contribution is 2.20. The van der Waals surface area contributed by atoms with E-state index in [1.54, 1.807) is 42.6 Å². The summed E-state index contributed by atoms with van der Waals surface area (Å²) in [5.74, 6) is 0.104. The van der Waals surface area contributed by atoms with Crippen LogP contribution in [0.2, 0.25) is 5.02 Å². The number of aromatic nitrogens is 3. The van der Waals surface area contributed by atoms with Crippen LogP contribution in [0.3, 0.4) is 0 Å². The van der Waals surface area contributed by atoms with Crippen LogP contribution < -0.4 is 5.32 Å². The largest absolute Gasteiger partial charge is 0.310 e. The van der Waals surface area contributed by atoms with Crippen LogP contribution in [0.5, 0.6) is 0 Å². The quantitative estimate of drug-likeness (QED) is 0.520. The second kappa shape index (κ2) is 7.30. The summed E-state index contributed by atoms with van der Waals surface area (Å²) in [6, 6.07) is 12.3. The van der Waals surface area contributed by atoms with Gasteiger partial charge in [-0.15, -0.1) is 11.3 Å². The number of rotatable bonds is 5. The van der Waals surface area contributed by atoms with Crippen LogP contribution in [0, 0.1) is 0 Å². The fraction of sp³-hybridized carbons (Fsp3) is 0.0526. The number of amides is 1. The number of ketones is 1. The van der Waals surface area contributed by atoms with Crippen molar-refractivity contribution < 1.29 is 9.59 Å². The number of carbonyl (C=O) groups excluding carboxylic acids is 2. The van der Waals surface area contributed by atoms with Crippen LogP contribution >= 0.6 is 22.9 Å². The Morgan fingerprint density at radius 2 is 1.96 bits per heavy atom. The summed E-state index contributed by atoms with van der Waals surface area (Å²) in [5.41, 5.74) is 1.64. The molecule has 8 heteroatoms. The lowest BCUT2D eigenvalue weighted by Crippen LogP contribution is -2.17. The number of carbonyl (C=O) groups is 2. The van der Waals surface area contributed by atoms with Gasteiger partial charge >= 0.3 is 0 Å². The number of hydrogen-bond donors (Lipinski definition) is 1. The molecule has 4 aromatic rings. The Labute approximate surface area is 163 Å². The van der Waals surface area contributed by atoms with Crippen molar-refractivity contribution >= 4 is 46.1 Å². The predicted molar refractivity (Wildman–Crippen MR) is 105 cm³/mol. The van der Waals surface area contributed by atoms with Crippen molar-refractivity contribution in [1.82, 2.24) is 14.6 Å². The summed E-state index contributed by atoms with van der Waals surface area (Å²) >= 11 is 7.22. The fourth-order valence-electron chi connectivity index (χ4n) is 2.66. The molecule has 0 atom stereocenters. The minimum Gasteiger partial charge on any atom is -0.310 e. The summed E-state index contributed by atoms with van der Waals surface area (Å²) in [4.78, 5) is 29.8. The molecule has 0 spiro atoms. The molecule has 0 saturated heterocycles. The molecule has 0 fully saturated rings. The topological polar surface area (TPSA) is 76.4 Å². The maximum Gasteiger partial charge on any atom is 0.229 e. The number of fused-ring (bicyclic) bond motifs is 1. The minimum atomic E-state index is -0.202. The lowest BCUT2D eigenvalue weighted by molar-refractivity contribution is -0.115. The molecule has 0 saturated carbocycles. The molecular formula is C19H13ClN4O2S. The van der Waals surface area contributed by atoms with Gasteiger partial charge in [0, 0.05) is 11.2 Å². The van der Waals surface area contributed by atoms with Gasteiger partial charge in [0.05, 0.1) is 23.1 Å². The highest BCUT2D eigenvalue weighted by molar-refractivity contribution is 7.12. The lowest BCUT2D eigenvalue weighted by atomic mass is 10.1. The molecule has 0 unspecified atom stereocenters. The van der Waals surface area contributed by atoms with E-state index in [0.29, 0.717) is 26.9 Å². The SMILES string of the molecule is O=C(Cc1ccc(Cl)cc1)Nc1ccnc2c(C(=O)c3cccs3)cnn12. The van der Waals surface area contributed by atoms with Gasteiger partial charge in [-0.1, -0.05) is 29.8 Å². The Bertz CT molecular complexity index is 1120. The third kappa shape index (κ3) is 3.60. The van der Waals surface area contributed by atoms with E-state index in [1.165, 1.54) is 22.0 Å². The highest BCUT2D eigenvalue weighted by atomic mass is 35.5. The summed E-state index contributed by atoms with van der Waals surface area (Å²) in [6.45, 7) is 0. The van der Waals surface area contributed by atoms with Crippen LogP contribution in [-0.2, 0) is 11.2 Å². The van der Waals surface area contributed by atoms with Gasteiger partial charge in [-0.05, 0) is 35.2 Å². The van der Waals surface area contributed by atoms with Crippen molar-refractivity contribution in [2.24, 2.45) is 0 Å². The normalized spacial score (nSPS) is 10.9. The van der Waals surface area contributed by atoms with Gasteiger partial charge in [0.2, 0.25) is 11.7 Å². The summed E-state index contributed by atoms with van der Waals surface area (Å²) in [5, 5.41) is 9.50. The van der Waals surface area contributed by atoms with Gasteiger partial charge in [0.25, 0.3) is 0 Å². The average Bonchev–Trinajstić information content (AvgIpc) is 3.33. The molecule has 0 aliphatic rings. The van der Waals surface area contributed by atoms with E-state index < -0.39 is 0 Å². The van der Waals surface area contributed by atoms with E-state index in [2.05, 4.69) is 15.4 Å². The summed E-state index contributed by atoms with van der Waals surface area (Å²) in [6.07, 6.45) is 3.21. The van der Waals surface area contributed by atoms with E-state index in [4.69, 9.17) is 11.6 Å². The van der Waals surface area contributed by atoms with E-state index in [0.717, 1.165) is 5.56 Å². The standard InChI is InChI=1S/C19H13ClN4O2S/c20-13-5-3-12(4-6-13)10-17(25)23-16-7-8-21-19-14(11-22-24(16)19)18(26)15-2-1-9-27-15/h1-9,11H,10H2,(H,23,25). The molecule has 0 radical (unpaired) electrons. The molecule has 4 rings (SSSR count).